The van der Waals surface area contributed by atoms with E-state index >= 15 is 0 Å². The van der Waals surface area contributed by atoms with E-state index in [0.29, 0.717) is 17.0 Å². The van der Waals surface area contributed by atoms with Crippen molar-refractivity contribution in [1.82, 2.24) is 19.5 Å². The van der Waals surface area contributed by atoms with Crippen LogP contribution in [0.25, 0.3) is 11.2 Å². The van der Waals surface area contributed by atoms with Crippen molar-refractivity contribution in [2.45, 2.75) is 31.0 Å². The summed E-state index contributed by atoms with van der Waals surface area (Å²) in [7, 11) is -2.48. The van der Waals surface area contributed by atoms with Gasteiger partial charge >= 0.3 is 0 Å². The lowest BCUT2D eigenvalue weighted by atomic mass is 10.0. The van der Waals surface area contributed by atoms with Gasteiger partial charge in [0, 0.05) is 13.8 Å². The Morgan fingerprint density at radius 3 is 3.04 bits per heavy atom. The second-order valence-electron chi connectivity index (χ2n) is 6.36. The fourth-order valence-corrected chi connectivity index (χ4v) is 4.15. The van der Waals surface area contributed by atoms with Gasteiger partial charge in [-0.25, -0.2) is 15.0 Å². The number of aryl methyl sites for hydroxylation is 1. The van der Waals surface area contributed by atoms with Crippen molar-refractivity contribution in [3.63, 3.8) is 0 Å². The van der Waals surface area contributed by atoms with E-state index in [-0.39, 0.29) is 13.2 Å². The van der Waals surface area contributed by atoms with Crippen molar-refractivity contribution in [2.24, 2.45) is 0 Å². The topological polar surface area (TPSA) is 121 Å². The van der Waals surface area contributed by atoms with Gasteiger partial charge < -0.3 is 28.2 Å². The minimum Gasteiger partial charge on any atom is -0.779 e. The molecule has 0 aliphatic carbocycles. The molecule has 2 bridgehead atoms. The van der Waals surface area contributed by atoms with E-state index < -0.39 is 31.6 Å². The quantitative estimate of drug-likeness (QED) is 0.671. The van der Waals surface area contributed by atoms with Crippen molar-refractivity contribution in [3.05, 3.63) is 18.3 Å². The second-order valence-corrected chi connectivity index (χ2v) is 8.11. The smallest absolute Gasteiger partial charge is 0.166 e. The van der Waals surface area contributed by atoms with Crippen molar-refractivity contribution in [1.29, 1.82) is 0 Å². The molecule has 0 N–H and O–H groups in total. The summed E-state index contributed by atoms with van der Waals surface area (Å²) in [5.41, 5.74) is 0.195. The molecule has 0 radical (unpaired) electrons. The van der Waals surface area contributed by atoms with Crippen LogP contribution >= 0.6 is 7.60 Å². The van der Waals surface area contributed by atoms with E-state index in [1.54, 1.807) is 24.0 Å². The van der Waals surface area contributed by atoms with Gasteiger partial charge in [0.1, 0.15) is 36.7 Å². The summed E-state index contributed by atoms with van der Waals surface area (Å²) in [6.07, 6.45) is 1.16. The number of fused-ring (bicyclic) bond motifs is 3. The molecule has 0 amide bonds. The van der Waals surface area contributed by atoms with Crippen molar-refractivity contribution < 1.29 is 28.2 Å². The summed E-state index contributed by atoms with van der Waals surface area (Å²) in [6.45, 7) is 3.14. The third kappa shape index (κ3) is 2.79. The molecule has 4 heterocycles. The molecule has 0 saturated carbocycles. The molecule has 5 atom stereocenters. The Balaban J connectivity index is 1.74. The fourth-order valence-electron chi connectivity index (χ4n) is 3.42. The van der Waals surface area contributed by atoms with Gasteiger partial charge in [-0.15, -0.1) is 0 Å². The van der Waals surface area contributed by atoms with Crippen LogP contribution in [0.5, 0.6) is 0 Å². The first-order valence-corrected chi connectivity index (χ1v) is 9.73. The largest absolute Gasteiger partial charge is 0.779 e. The number of hydrogen-bond acceptors (Lipinski definition) is 9. The molecule has 10 nitrogen and oxygen atoms in total. The average Bonchev–Trinajstić information content (AvgIpc) is 3.16. The van der Waals surface area contributed by atoms with E-state index in [2.05, 4.69) is 15.0 Å². The maximum atomic E-state index is 11.7. The van der Waals surface area contributed by atoms with Gasteiger partial charge in [-0.05, 0) is 6.92 Å². The van der Waals surface area contributed by atoms with Gasteiger partial charge in [0.05, 0.1) is 25.7 Å². The first-order valence-electron chi connectivity index (χ1n) is 7.74. The van der Waals surface area contributed by atoms with Crippen LogP contribution in [0.15, 0.2) is 12.5 Å². The van der Waals surface area contributed by atoms with E-state index in [4.69, 9.17) is 18.7 Å². The van der Waals surface area contributed by atoms with Crippen LogP contribution in [0.4, 0.5) is 0 Å². The van der Waals surface area contributed by atoms with Crippen molar-refractivity contribution >= 4 is 18.8 Å². The highest BCUT2D eigenvalue weighted by Gasteiger charge is 2.63. The predicted molar refractivity (Wildman–Crippen MR) is 82.9 cm³/mol. The molecule has 0 spiro atoms. The molecule has 4 rings (SSSR count). The summed E-state index contributed by atoms with van der Waals surface area (Å²) in [5.74, 6) is 0.593. The zero-order chi connectivity index (χ0) is 17.8. The normalized spacial score (nSPS) is 33.8. The maximum Gasteiger partial charge on any atom is 0.166 e. The number of nitrogens with zero attached hydrogens (tertiary/aromatic N) is 4. The van der Waals surface area contributed by atoms with Crippen LogP contribution < -0.4 is 4.89 Å². The highest BCUT2D eigenvalue weighted by Crippen LogP contribution is 2.51. The predicted octanol–water partition coefficient (Wildman–Crippen LogP) is 0.0159. The molecule has 2 unspecified atom stereocenters. The molecule has 136 valence electrons. The molecule has 2 aromatic heterocycles. The zero-order valence-electron chi connectivity index (χ0n) is 14.0. The van der Waals surface area contributed by atoms with Crippen molar-refractivity contribution in [3.8, 4) is 0 Å². The van der Waals surface area contributed by atoms with Gasteiger partial charge in [-0.3, -0.25) is 4.57 Å². The van der Waals surface area contributed by atoms with Crippen molar-refractivity contribution in [2.75, 3.05) is 27.0 Å². The first-order chi connectivity index (χ1) is 11.8. The van der Waals surface area contributed by atoms with Crippen LogP contribution in [0.3, 0.4) is 0 Å². The molecule has 2 aliphatic rings. The Bertz CT molecular complexity index is 853. The molecule has 2 aliphatic heterocycles. The second kappa shape index (κ2) is 5.80. The number of rotatable bonds is 5. The summed E-state index contributed by atoms with van der Waals surface area (Å²) >= 11 is 0. The molecule has 2 saturated heterocycles. The summed E-state index contributed by atoms with van der Waals surface area (Å²) < 4.78 is 35.9. The maximum absolute atomic E-state index is 11.7. The molecule has 2 aromatic rings. The van der Waals surface area contributed by atoms with E-state index in [9.17, 15) is 9.46 Å². The zero-order valence-corrected chi connectivity index (χ0v) is 14.9. The Hall–Kier alpha value is -1.42. The Labute approximate surface area is 143 Å². The van der Waals surface area contributed by atoms with E-state index in [0.717, 1.165) is 6.66 Å². The highest BCUT2D eigenvalue weighted by molar-refractivity contribution is 7.50. The Morgan fingerprint density at radius 2 is 2.32 bits per heavy atom. The highest BCUT2D eigenvalue weighted by atomic mass is 31.2. The Morgan fingerprint density at radius 1 is 1.52 bits per heavy atom. The van der Waals surface area contributed by atoms with Crippen LogP contribution in [-0.4, -0.2) is 64.3 Å². The summed E-state index contributed by atoms with van der Waals surface area (Å²) in [4.78, 5) is 24.5. The third-order valence-electron chi connectivity index (χ3n) is 4.38. The molecular weight excluding hydrogens is 351 g/mol. The number of ether oxygens (including phenoxy) is 3. The van der Waals surface area contributed by atoms with E-state index in [1.165, 1.54) is 7.11 Å². The van der Waals surface area contributed by atoms with E-state index in [1.807, 2.05) is 0 Å². The van der Waals surface area contributed by atoms with Crippen LogP contribution in [0, 0.1) is 6.92 Å². The molecule has 25 heavy (non-hydrogen) atoms. The molecular formula is C14H18N4O6P-. The third-order valence-corrected chi connectivity index (χ3v) is 4.99. The molecule has 2 fully saturated rings. The number of methoxy groups -OCH3 is 1. The van der Waals surface area contributed by atoms with Gasteiger partial charge in [-0.1, -0.05) is 0 Å². The number of aromatic nitrogens is 4. The summed E-state index contributed by atoms with van der Waals surface area (Å²) in [5, 5.41) is 0. The van der Waals surface area contributed by atoms with Crippen LogP contribution in [0.2, 0.25) is 0 Å². The number of hydrogen-bond donors (Lipinski definition) is 0. The monoisotopic (exact) mass is 369 g/mol. The SMILES string of the molecule is COC[C@]12CO[C@@H](C1OP(C)(=O)[O-])[C@H](n1cnc3cnc(C)nc31)O2. The minimum absolute atomic E-state index is 0.144. The molecule has 0 aromatic carbocycles. The lowest BCUT2D eigenvalue weighted by molar-refractivity contribution is -0.208. The lowest BCUT2D eigenvalue weighted by Gasteiger charge is -2.32. The standard InChI is InChI=1S/C14H19N4O6P/c1-8-15-4-9-12(17-8)18(7-16-9)13-10-11(24-25(3,19)20)14(23-13,5-21-2)6-22-10/h4,7,10-11,13H,5-6H2,1-3H3,(H,19,20)/p-1/t10-,11?,13+,14-/m0/s1. The first kappa shape index (κ1) is 17.0. The summed E-state index contributed by atoms with van der Waals surface area (Å²) in [6, 6.07) is 0. The van der Waals surface area contributed by atoms with Crippen LogP contribution in [-0.2, 0) is 23.3 Å². The van der Waals surface area contributed by atoms with Gasteiger partial charge in [0.15, 0.2) is 11.9 Å². The Kier molecular flexibility index (Phi) is 3.95. The average molecular weight is 369 g/mol. The van der Waals surface area contributed by atoms with Gasteiger partial charge in [0.25, 0.3) is 0 Å². The lowest BCUT2D eigenvalue weighted by Crippen LogP contribution is -2.46. The van der Waals surface area contributed by atoms with Gasteiger partial charge in [-0.2, -0.15) is 0 Å². The fraction of sp³-hybridized carbons (Fsp3) is 0.643. The molecule has 11 heteroatoms. The minimum atomic E-state index is -3.99. The van der Waals surface area contributed by atoms with Gasteiger partial charge in [0.2, 0.25) is 0 Å². The number of imidazole rings is 1. The van der Waals surface area contributed by atoms with Crippen LogP contribution in [0.1, 0.15) is 12.1 Å².